The summed E-state index contributed by atoms with van der Waals surface area (Å²) in [5.74, 6) is -0.508. The number of halogens is 1. The number of carbonyl (C=O) groups excluding carboxylic acids is 2. The van der Waals surface area contributed by atoms with Crippen LogP contribution in [0.15, 0.2) is 18.2 Å². The highest BCUT2D eigenvalue weighted by atomic mass is 19.1. The van der Waals surface area contributed by atoms with Crippen molar-refractivity contribution in [2.45, 2.75) is 32.9 Å². The number of aryl methyl sites for hydroxylation is 1. The van der Waals surface area contributed by atoms with E-state index in [1.165, 1.54) is 6.07 Å². The monoisotopic (exact) mass is 406 g/mol. The maximum atomic E-state index is 14.0. The second-order valence-electron chi connectivity index (χ2n) is 7.83. The Hall–Kier alpha value is -2.03. The number of anilines is 1. The van der Waals surface area contributed by atoms with Gasteiger partial charge in [-0.15, -0.1) is 0 Å². The highest BCUT2D eigenvalue weighted by Gasteiger charge is 2.32. The fraction of sp³-hybridized carbons (Fsp3) is 0.619. The van der Waals surface area contributed by atoms with E-state index in [4.69, 9.17) is 4.74 Å². The molecule has 29 heavy (non-hydrogen) atoms. The Labute approximate surface area is 171 Å². The van der Waals surface area contributed by atoms with E-state index in [1.54, 1.807) is 12.1 Å². The minimum atomic E-state index is -0.425. The number of nitrogens with one attached hydrogen (secondary N) is 1. The molecule has 2 amide bonds. The Morgan fingerprint density at radius 3 is 2.17 bits per heavy atom. The van der Waals surface area contributed by atoms with Crippen LogP contribution >= 0.6 is 0 Å². The first-order chi connectivity index (χ1) is 13.9. The molecular weight excluding hydrogens is 375 g/mol. The smallest absolute Gasteiger partial charge is 0.241 e. The number of amides is 2. The molecule has 0 radical (unpaired) electrons. The van der Waals surface area contributed by atoms with Gasteiger partial charge in [0.05, 0.1) is 31.0 Å². The Balaban J connectivity index is 1.50. The Morgan fingerprint density at radius 1 is 1.00 bits per heavy atom. The van der Waals surface area contributed by atoms with Crippen molar-refractivity contribution in [1.82, 2.24) is 14.7 Å². The highest BCUT2D eigenvalue weighted by molar-refractivity contribution is 5.94. The van der Waals surface area contributed by atoms with E-state index in [0.717, 1.165) is 5.56 Å². The average molecular weight is 407 g/mol. The number of piperazine rings is 1. The van der Waals surface area contributed by atoms with E-state index in [1.807, 2.05) is 25.7 Å². The molecule has 1 aromatic carbocycles. The van der Waals surface area contributed by atoms with Crippen molar-refractivity contribution in [1.29, 1.82) is 0 Å². The summed E-state index contributed by atoms with van der Waals surface area (Å²) in [6.45, 7) is 10.9. The zero-order valence-corrected chi connectivity index (χ0v) is 17.5. The third-order valence-electron chi connectivity index (χ3n) is 5.89. The Bertz CT molecular complexity index is 731. The average Bonchev–Trinajstić information content (AvgIpc) is 2.74. The molecule has 1 N–H and O–H groups in total. The van der Waals surface area contributed by atoms with E-state index in [0.29, 0.717) is 52.5 Å². The number of carbonyl (C=O) groups is 2. The summed E-state index contributed by atoms with van der Waals surface area (Å²) in [5.41, 5.74) is 1.02. The SMILES string of the molecule is Cc1ccc(NC(=O)C(C)N2CCN(C(C)C(=O)N3CCOCC3)CC2)c(F)c1. The van der Waals surface area contributed by atoms with E-state index in [2.05, 4.69) is 15.1 Å². The third kappa shape index (κ3) is 5.32. The summed E-state index contributed by atoms with van der Waals surface area (Å²) in [6, 6.07) is 4.22. The van der Waals surface area contributed by atoms with E-state index >= 15 is 0 Å². The first-order valence-electron chi connectivity index (χ1n) is 10.3. The van der Waals surface area contributed by atoms with Crippen LogP contribution in [0.25, 0.3) is 0 Å². The van der Waals surface area contributed by atoms with Gasteiger partial charge < -0.3 is 15.0 Å². The fourth-order valence-electron chi connectivity index (χ4n) is 3.84. The van der Waals surface area contributed by atoms with Crippen molar-refractivity contribution < 1.29 is 18.7 Å². The topological polar surface area (TPSA) is 65.1 Å². The standard InChI is InChI=1S/C21H31FN4O3/c1-15-4-5-19(18(22)14-15)23-20(27)16(2)24-6-8-25(9-7-24)17(3)21(28)26-10-12-29-13-11-26/h4-5,14,16-17H,6-13H2,1-3H3,(H,23,27). The molecule has 8 heteroatoms. The molecule has 2 fully saturated rings. The second kappa shape index (κ2) is 9.65. The molecule has 7 nitrogen and oxygen atoms in total. The molecule has 1 aromatic rings. The van der Waals surface area contributed by atoms with Crippen molar-refractivity contribution in [2.75, 3.05) is 57.8 Å². The van der Waals surface area contributed by atoms with Gasteiger partial charge in [0.15, 0.2) is 0 Å². The zero-order valence-electron chi connectivity index (χ0n) is 17.5. The molecule has 2 aliphatic rings. The van der Waals surface area contributed by atoms with Crippen molar-refractivity contribution >= 4 is 17.5 Å². The molecule has 2 heterocycles. The molecule has 3 rings (SSSR count). The van der Waals surface area contributed by atoms with Gasteiger partial charge >= 0.3 is 0 Å². The van der Waals surface area contributed by atoms with Crippen molar-refractivity contribution in [3.05, 3.63) is 29.6 Å². The van der Waals surface area contributed by atoms with Crippen molar-refractivity contribution in [2.24, 2.45) is 0 Å². The zero-order chi connectivity index (χ0) is 21.0. The molecule has 160 valence electrons. The summed E-state index contributed by atoms with van der Waals surface area (Å²) in [4.78, 5) is 31.4. The number of hydrogen-bond donors (Lipinski definition) is 1. The lowest BCUT2D eigenvalue weighted by atomic mass is 10.1. The van der Waals surface area contributed by atoms with Crippen molar-refractivity contribution in [3.63, 3.8) is 0 Å². The van der Waals surface area contributed by atoms with Crippen LogP contribution in [0.4, 0.5) is 10.1 Å². The minimum absolute atomic E-state index is 0.141. The summed E-state index contributed by atoms with van der Waals surface area (Å²) in [6.07, 6.45) is 0. The van der Waals surface area contributed by atoms with Crippen LogP contribution in [0.2, 0.25) is 0 Å². The van der Waals surface area contributed by atoms with Gasteiger partial charge in [0.25, 0.3) is 0 Å². The van der Waals surface area contributed by atoms with Crippen LogP contribution in [0, 0.1) is 12.7 Å². The molecule has 0 spiro atoms. The third-order valence-corrected chi connectivity index (χ3v) is 5.89. The van der Waals surface area contributed by atoms with Crippen molar-refractivity contribution in [3.8, 4) is 0 Å². The minimum Gasteiger partial charge on any atom is -0.378 e. The second-order valence-corrected chi connectivity index (χ2v) is 7.83. The van der Waals surface area contributed by atoms with Gasteiger partial charge in [-0.05, 0) is 38.5 Å². The molecule has 0 saturated carbocycles. The largest absolute Gasteiger partial charge is 0.378 e. The number of ether oxygens (including phenoxy) is 1. The van der Waals surface area contributed by atoms with Crippen LogP contribution in [0.5, 0.6) is 0 Å². The molecule has 0 aliphatic carbocycles. The van der Waals surface area contributed by atoms with Gasteiger partial charge in [0.2, 0.25) is 11.8 Å². The molecule has 2 unspecified atom stereocenters. The van der Waals surface area contributed by atoms with Gasteiger partial charge in [-0.2, -0.15) is 0 Å². The predicted molar refractivity (Wildman–Crippen MR) is 109 cm³/mol. The van der Waals surface area contributed by atoms with Crippen LogP contribution in [0.3, 0.4) is 0 Å². The number of rotatable bonds is 5. The number of nitrogens with zero attached hydrogens (tertiary/aromatic N) is 3. The normalized spacial score (nSPS) is 20.9. The maximum absolute atomic E-state index is 14.0. The fourth-order valence-corrected chi connectivity index (χ4v) is 3.84. The van der Waals surface area contributed by atoms with E-state index in [-0.39, 0.29) is 29.6 Å². The molecule has 2 saturated heterocycles. The van der Waals surface area contributed by atoms with Crippen LogP contribution in [-0.2, 0) is 14.3 Å². The molecule has 2 aliphatic heterocycles. The summed E-state index contributed by atoms with van der Waals surface area (Å²) >= 11 is 0. The van der Waals surface area contributed by atoms with E-state index in [9.17, 15) is 14.0 Å². The lowest BCUT2D eigenvalue weighted by Crippen LogP contribution is -2.58. The number of morpholine rings is 1. The molecule has 2 atom stereocenters. The quantitative estimate of drug-likeness (QED) is 0.799. The first kappa shape index (κ1) is 21.7. The molecule has 0 aromatic heterocycles. The van der Waals surface area contributed by atoms with Gasteiger partial charge in [-0.1, -0.05) is 6.07 Å². The molecule has 0 bridgehead atoms. The highest BCUT2D eigenvalue weighted by Crippen LogP contribution is 2.17. The maximum Gasteiger partial charge on any atom is 0.241 e. The lowest BCUT2D eigenvalue weighted by molar-refractivity contribution is -0.141. The van der Waals surface area contributed by atoms with Crippen LogP contribution < -0.4 is 5.32 Å². The summed E-state index contributed by atoms with van der Waals surface area (Å²) in [5, 5.41) is 2.69. The van der Waals surface area contributed by atoms with E-state index < -0.39 is 5.82 Å². The van der Waals surface area contributed by atoms with Gasteiger partial charge in [-0.3, -0.25) is 19.4 Å². The first-order valence-corrected chi connectivity index (χ1v) is 10.3. The number of hydrogen-bond acceptors (Lipinski definition) is 5. The van der Waals surface area contributed by atoms with Gasteiger partial charge in [0.1, 0.15) is 5.82 Å². The summed E-state index contributed by atoms with van der Waals surface area (Å²) in [7, 11) is 0. The lowest BCUT2D eigenvalue weighted by Gasteiger charge is -2.41. The van der Waals surface area contributed by atoms with Crippen LogP contribution in [0.1, 0.15) is 19.4 Å². The number of benzene rings is 1. The predicted octanol–water partition coefficient (Wildman–Crippen LogP) is 1.33. The molecular formula is C21H31FN4O3. The van der Waals surface area contributed by atoms with Crippen LogP contribution in [-0.4, -0.2) is 91.1 Å². The van der Waals surface area contributed by atoms with Gasteiger partial charge in [0, 0.05) is 39.3 Å². The van der Waals surface area contributed by atoms with Gasteiger partial charge in [-0.25, -0.2) is 4.39 Å². The summed E-state index contributed by atoms with van der Waals surface area (Å²) < 4.78 is 19.3. The Kier molecular flexibility index (Phi) is 7.21. The Morgan fingerprint density at radius 2 is 1.59 bits per heavy atom.